The average molecular weight is 419 g/mol. The summed E-state index contributed by atoms with van der Waals surface area (Å²) in [5.41, 5.74) is 2.52. The maximum atomic E-state index is 12.2. The lowest BCUT2D eigenvalue weighted by atomic mass is 10.1. The van der Waals surface area contributed by atoms with Crippen molar-refractivity contribution in [1.29, 1.82) is 0 Å². The van der Waals surface area contributed by atoms with E-state index in [1.165, 1.54) is 0 Å². The minimum absolute atomic E-state index is 0.144. The number of furan rings is 1. The van der Waals surface area contributed by atoms with E-state index in [4.69, 9.17) is 13.9 Å². The number of carboxylic acid groups (broad SMARTS) is 1. The van der Waals surface area contributed by atoms with E-state index < -0.39 is 5.97 Å². The number of fused-ring (bicyclic) bond motifs is 1. The van der Waals surface area contributed by atoms with E-state index in [1.807, 2.05) is 54.6 Å². The highest BCUT2D eigenvalue weighted by Gasteiger charge is 2.19. The highest BCUT2D eigenvalue weighted by atomic mass is 16.5. The number of carbonyl (C=O) groups excluding carboxylic acids is 1. The highest BCUT2D eigenvalue weighted by Crippen LogP contribution is 2.30. The van der Waals surface area contributed by atoms with Crippen LogP contribution in [0.15, 0.2) is 65.3 Å². The molecule has 0 atom stereocenters. The molecular formula is C24H23N2O5-. The second-order valence-corrected chi connectivity index (χ2v) is 7.11. The third kappa shape index (κ3) is 4.27. The van der Waals surface area contributed by atoms with Crippen molar-refractivity contribution in [2.45, 2.75) is 19.6 Å². The van der Waals surface area contributed by atoms with Crippen LogP contribution in [0.3, 0.4) is 0 Å². The van der Waals surface area contributed by atoms with Crippen LogP contribution in [-0.4, -0.2) is 24.8 Å². The molecule has 0 aliphatic heterocycles. The number of ether oxygens (including phenoxy) is 2. The van der Waals surface area contributed by atoms with Gasteiger partial charge in [0, 0.05) is 30.1 Å². The second kappa shape index (κ2) is 8.97. The summed E-state index contributed by atoms with van der Waals surface area (Å²) < 4.78 is 17.7. The maximum absolute atomic E-state index is 12.2. The number of hydrogen-bond donors (Lipinski definition) is 1. The van der Waals surface area contributed by atoms with E-state index in [0.29, 0.717) is 30.9 Å². The lowest BCUT2D eigenvalue weighted by Gasteiger charge is -2.14. The van der Waals surface area contributed by atoms with Gasteiger partial charge in [0.05, 0.1) is 44.2 Å². The molecule has 0 bridgehead atoms. The standard InChI is InChI=1S/C24H24N2O5/c1-29-17-7-5-16(6-8-17)15-26-22-12-18(30-2)9-10-20(22)21(23(26)24(27)28)14-25-13-19-4-3-11-31-19/h3-12,25H,13-15H2,1-2H3,(H,27,28)/p-1. The van der Waals surface area contributed by atoms with Gasteiger partial charge in [-0.2, -0.15) is 0 Å². The van der Waals surface area contributed by atoms with E-state index >= 15 is 0 Å². The molecule has 0 saturated carbocycles. The molecular weight excluding hydrogens is 396 g/mol. The molecule has 0 saturated heterocycles. The second-order valence-electron chi connectivity index (χ2n) is 7.11. The van der Waals surface area contributed by atoms with Crippen LogP contribution in [0, 0.1) is 0 Å². The molecule has 2 aromatic heterocycles. The van der Waals surface area contributed by atoms with Crippen molar-refractivity contribution < 1.29 is 23.8 Å². The lowest BCUT2D eigenvalue weighted by Crippen LogP contribution is -2.28. The summed E-state index contributed by atoms with van der Waals surface area (Å²) >= 11 is 0. The van der Waals surface area contributed by atoms with Crippen molar-refractivity contribution in [2.75, 3.05) is 14.2 Å². The Bertz CT molecular complexity index is 1180. The Labute approximate surface area is 179 Å². The fourth-order valence-electron chi connectivity index (χ4n) is 3.74. The van der Waals surface area contributed by atoms with Gasteiger partial charge in [-0.25, -0.2) is 0 Å². The van der Waals surface area contributed by atoms with E-state index in [9.17, 15) is 9.90 Å². The van der Waals surface area contributed by atoms with Gasteiger partial charge in [-0.3, -0.25) is 0 Å². The summed E-state index contributed by atoms with van der Waals surface area (Å²) in [6.07, 6.45) is 1.61. The van der Waals surface area contributed by atoms with Crippen LogP contribution in [0.2, 0.25) is 0 Å². The summed E-state index contributed by atoms with van der Waals surface area (Å²) in [4.78, 5) is 12.2. The monoisotopic (exact) mass is 419 g/mol. The van der Waals surface area contributed by atoms with E-state index in [-0.39, 0.29) is 5.69 Å². The normalized spacial score (nSPS) is 11.0. The van der Waals surface area contributed by atoms with Gasteiger partial charge in [0.2, 0.25) is 0 Å². The number of benzene rings is 2. The summed E-state index contributed by atoms with van der Waals surface area (Å²) in [7, 11) is 3.19. The van der Waals surface area contributed by atoms with Crippen LogP contribution in [0.25, 0.3) is 10.9 Å². The topological polar surface area (TPSA) is 88.7 Å². The third-order valence-electron chi connectivity index (χ3n) is 5.25. The van der Waals surface area contributed by atoms with E-state index in [1.54, 1.807) is 25.0 Å². The first-order chi connectivity index (χ1) is 15.1. The average Bonchev–Trinajstić information content (AvgIpc) is 3.40. The molecule has 31 heavy (non-hydrogen) atoms. The van der Waals surface area contributed by atoms with Crippen molar-refractivity contribution >= 4 is 16.9 Å². The maximum Gasteiger partial charge on any atom is 0.120 e. The van der Waals surface area contributed by atoms with Gasteiger partial charge in [-0.1, -0.05) is 12.1 Å². The Morgan fingerprint density at radius 2 is 1.77 bits per heavy atom. The molecule has 2 aromatic carbocycles. The van der Waals surface area contributed by atoms with Crippen molar-refractivity contribution in [1.82, 2.24) is 9.88 Å². The Morgan fingerprint density at radius 3 is 2.42 bits per heavy atom. The lowest BCUT2D eigenvalue weighted by molar-refractivity contribution is -0.255. The van der Waals surface area contributed by atoms with Gasteiger partial charge < -0.3 is 33.7 Å². The van der Waals surface area contributed by atoms with Crippen LogP contribution in [0.1, 0.15) is 27.4 Å². The number of aromatic nitrogens is 1. The molecule has 7 nitrogen and oxygen atoms in total. The zero-order valence-electron chi connectivity index (χ0n) is 17.4. The van der Waals surface area contributed by atoms with E-state index in [2.05, 4.69) is 5.32 Å². The first kappa shape index (κ1) is 20.6. The molecule has 4 aromatic rings. The number of methoxy groups -OCH3 is 2. The predicted octanol–water partition coefficient (Wildman–Crippen LogP) is 2.95. The van der Waals surface area contributed by atoms with Crippen LogP contribution in [0.4, 0.5) is 0 Å². The van der Waals surface area contributed by atoms with Gasteiger partial charge in [0.25, 0.3) is 0 Å². The molecule has 7 heteroatoms. The third-order valence-corrected chi connectivity index (χ3v) is 5.25. The Morgan fingerprint density at radius 1 is 1.03 bits per heavy atom. The Balaban J connectivity index is 1.75. The number of nitrogens with zero attached hydrogens (tertiary/aromatic N) is 1. The highest BCUT2D eigenvalue weighted by molar-refractivity contribution is 5.98. The molecule has 0 spiro atoms. The SMILES string of the molecule is COc1ccc(Cn2c(C(=O)[O-])c(CNCc3ccco3)c3ccc(OC)cc32)cc1. The van der Waals surface area contributed by atoms with Gasteiger partial charge in [-0.15, -0.1) is 0 Å². The van der Waals surface area contributed by atoms with Crippen LogP contribution in [-0.2, 0) is 19.6 Å². The smallest absolute Gasteiger partial charge is 0.120 e. The minimum Gasteiger partial charge on any atom is -0.543 e. The fraction of sp³-hybridized carbons (Fsp3) is 0.208. The van der Waals surface area contributed by atoms with Gasteiger partial charge in [-0.05, 0) is 42.0 Å². The zero-order chi connectivity index (χ0) is 21.8. The molecule has 0 unspecified atom stereocenters. The molecule has 0 aliphatic rings. The molecule has 0 aliphatic carbocycles. The molecule has 160 valence electrons. The largest absolute Gasteiger partial charge is 0.543 e. The Hall–Kier alpha value is -3.71. The van der Waals surface area contributed by atoms with Gasteiger partial charge >= 0.3 is 0 Å². The summed E-state index contributed by atoms with van der Waals surface area (Å²) in [6.45, 7) is 1.21. The fourth-order valence-corrected chi connectivity index (χ4v) is 3.74. The first-order valence-electron chi connectivity index (χ1n) is 9.87. The number of hydrogen-bond acceptors (Lipinski definition) is 6. The molecule has 0 amide bonds. The number of rotatable bonds is 9. The summed E-state index contributed by atoms with van der Waals surface area (Å²) in [6, 6.07) is 16.8. The molecule has 0 fully saturated rings. The number of carbonyl (C=O) groups is 1. The van der Waals surface area contributed by atoms with Gasteiger partial charge in [0.15, 0.2) is 0 Å². The molecule has 1 N–H and O–H groups in total. The summed E-state index contributed by atoms with van der Waals surface area (Å²) in [5, 5.41) is 16.3. The van der Waals surface area contributed by atoms with Crippen molar-refractivity contribution in [2.24, 2.45) is 0 Å². The van der Waals surface area contributed by atoms with Crippen LogP contribution < -0.4 is 19.9 Å². The summed E-state index contributed by atoms with van der Waals surface area (Å²) in [5.74, 6) is 0.948. The molecule has 4 rings (SSSR count). The molecule has 2 heterocycles. The number of nitrogens with one attached hydrogen (secondary N) is 1. The number of carboxylic acids is 1. The van der Waals surface area contributed by atoms with Crippen LogP contribution in [0.5, 0.6) is 11.5 Å². The van der Waals surface area contributed by atoms with Crippen molar-refractivity contribution in [3.05, 3.63) is 83.4 Å². The molecule has 0 radical (unpaired) electrons. The first-order valence-corrected chi connectivity index (χ1v) is 9.87. The van der Waals surface area contributed by atoms with Crippen molar-refractivity contribution in [3.63, 3.8) is 0 Å². The van der Waals surface area contributed by atoms with Crippen molar-refractivity contribution in [3.8, 4) is 11.5 Å². The minimum atomic E-state index is -1.22. The Kier molecular flexibility index (Phi) is 5.95. The predicted molar refractivity (Wildman–Crippen MR) is 114 cm³/mol. The quantitative estimate of drug-likeness (QED) is 0.449. The van der Waals surface area contributed by atoms with Gasteiger partial charge in [0.1, 0.15) is 17.3 Å². The number of aromatic carboxylic acids is 1. The van der Waals surface area contributed by atoms with E-state index in [0.717, 1.165) is 28.0 Å². The van der Waals surface area contributed by atoms with Crippen LogP contribution >= 0.6 is 0 Å². The zero-order valence-corrected chi connectivity index (χ0v) is 17.4.